The highest BCUT2D eigenvalue weighted by atomic mass is 16.6. The van der Waals surface area contributed by atoms with Crippen molar-refractivity contribution >= 4 is 17.9 Å². The Morgan fingerprint density at radius 2 is 0.667 bits per heavy atom. The molecule has 0 radical (unpaired) electrons. The Bertz CT molecular complexity index is 1060. The monoisotopic (exact) mass is 841 g/mol. The van der Waals surface area contributed by atoms with Crippen LogP contribution in [-0.2, 0) is 28.6 Å². The fraction of sp³-hybridized carbons (Fsp3) is 0.796. The van der Waals surface area contributed by atoms with Gasteiger partial charge in [0, 0.05) is 19.3 Å². The molecule has 0 amide bonds. The van der Waals surface area contributed by atoms with Crippen LogP contribution in [0.4, 0.5) is 0 Å². The summed E-state index contributed by atoms with van der Waals surface area (Å²) in [5, 5.41) is 0. The second kappa shape index (κ2) is 49.0. The molecular formula is C54H96O6. The van der Waals surface area contributed by atoms with Crippen molar-refractivity contribution in [2.45, 2.75) is 264 Å². The third-order valence-corrected chi connectivity index (χ3v) is 11.1. The normalized spacial score (nSPS) is 12.4. The molecule has 1 unspecified atom stereocenters. The minimum Gasteiger partial charge on any atom is -0.462 e. The predicted molar refractivity (Wildman–Crippen MR) is 256 cm³/mol. The van der Waals surface area contributed by atoms with E-state index in [-0.39, 0.29) is 31.1 Å². The zero-order chi connectivity index (χ0) is 43.7. The Labute approximate surface area is 371 Å². The van der Waals surface area contributed by atoms with Crippen LogP contribution in [0.3, 0.4) is 0 Å². The molecule has 0 saturated carbocycles. The van der Waals surface area contributed by atoms with E-state index < -0.39 is 6.10 Å². The van der Waals surface area contributed by atoms with Crippen molar-refractivity contribution in [3.05, 3.63) is 48.6 Å². The van der Waals surface area contributed by atoms with Crippen molar-refractivity contribution in [1.29, 1.82) is 0 Å². The van der Waals surface area contributed by atoms with E-state index in [1.165, 1.54) is 128 Å². The first-order chi connectivity index (χ1) is 29.5. The highest BCUT2D eigenvalue weighted by Crippen LogP contribution is 2.16. The standard InChI is InChI=1S/C54H96O6/c1-4-7-10-13-16-19-21-23-25-26-27-28-29-31-32-35-38-41-44-47-53(56)59-50-51(49-58-52(55)46-43-40-37-34-18-15-12-9-6-3)60-54(57)48-45-42-39-36-33-30-24-22-20-17-14-11-8-5-2/h8,11,17,20,24,30,34,37,51H,4-7,9-10,12-16,18-19,21-23,25-29,31-33,35-36,38-50H2,1-3H3/b11-8-,20-17-,30-24-,37-34-. The largest absolute Gasteiger partial charge is 0.462 e. The molecule has 0 aliphatic heterocycles. The zero-order valence-corrected chi connectivity index (χ0v) is 39.7. The molecular weight excluding hydrogens is 745 g/mol. The Morgan fingerprint density at radius 3 is 1.12 bits per heavy atom. The van der Waals surface area contributed by atoms with E-state index in [4.69, 9.17) is 14.2 Å². The third-order valence-electron chi connectivity index (χ3n) is 11.1. The fourth-order valence-corrected chi connectivity index (χ4v) is 7.23. The molecule has 0 aliphatic rings. The van der Waals surface area contributed by atoms with Gasteiger partial charge in [0.25, 0.3) is 0 Å². The number of rotatable bonds is 46. The molecule has 0 rings (SSSR count). The van der Waals surface area contributed by atoms with Gasteiger partial charge in [-0.05, 0) is 70.6 Å². The Hall–Kier alpha value is -2.63. The van der Waals surface area contributed by atoms with Gasteiger partial charge in [0.05, 0.1) is 0 Å². The van der Waals surface area contributed by atoms with Gasteiger partial charge in [-0.25, -0.2) is 0 Å². The summed E-state index contributed by atoms with van der Waals surface area (Å²) in [6, 6.07) is 0. The zero-order valence-electron chi connectivity index (χ0n) is 39.7. The quantitative estimate of drug-likeness (QED) is 0.0263. The lowest BCUT2D eigenvalue weighted by atomic mass is 10.0. The topological polar surface area (TPSA) is 78.9 Å². The molecule has 0 aromatic rings. The molecule has 1 atom stereocenters. The minimum absolute atomic E-state index is 0.0886. The average Bonchev–Trinajstić information content (AvgIpc) is 3.24. The Morgan fingerprint density at radius 1 is 0.350 bits per heavy atom. The van der Waals surface area contributed by atoms with Crippen LogP contribution in [-0.4, -0.2) is 37.2 Å². The molecule has 0 spiro atoms. The maximum Gasteiger partial charge on any atom is 0.306 e. The molecule has 6 nitrogen and oxygen atoms in total. The van der Waals surface area contributed by atoms with Gasteiger partial charge in [0.2, 0.25) is 0 Å². The van der Waals surface area contributed by atoms with Crippen LogP contribution in [0.2, 0.25) is 0 Å². The third kappa shape index (κ3) is 46.4. The van der Waals surface area contributed by atoms with E-state index in [1.807, 2.05) is 0 Å². The van der Waals surface area contributed by atoms with Gasteiger partial charge in [0.15, 0.2) is 6.10 Å². The smallest absolute Gasteiger partial charge is 0.306 e. The van der Waals surface area contributed by atoms with Crippen LogP contribution in [0.15, 0.2) is 48.6 Å². The van der Waals surface area contributed by atoms with E-state index in [0.717, 1.165) is 83.5 Å². The Kier molecular flexibility index (Phi) is 46.9. The fourth-order valence-electron chi connectivity index (χ4n) is 7.23. The average molecular weight is 841 g/mol. The number of unbranched alkanes of at least 4 members (excludes halogenated alkanes) is 27. The van der Waals surface area contributed by atoms with E-state index >= 15 is 0 Å². The maximum atomic E-state index is 12.7. The molecule has 0 bridgehead atoms. The van der Waals surface area contributed by atoms with Crippen molar-refractivity contribution < 1.29 is 28.6 Å². The molecule has 60 heavy (non-hydrogen) atoms. The van der Waals surface area contributed by atoms with Crippen molar-refractivity contribution in [1.82, 2.24) is 0 Å². The van der Waals surface area contributed by atoms with Crippen molar-refractivity contribution in [2.75, 3.05) is 13.2 Å². The number of carbonyl (C=O) groups is 3. The number of hydrogen-bond donors (Lipinski definition) is 0. The van der Waals surface area contributed by atoms with Crippen LogP contribution in [0, 0.1) is 0 Å². The lowest BCUT2D eigenvalue weighted by Crippen LogP contribution is -2.30. The number of carbonyl (C=O) groups excluding carboxylic acids is 3. The summed E-state index contributed by atoms with van der Waals surface area (Å²) in [4.78, 5) is 37.8. The SMILES string of the molecule is CC/C=C\C/C=C\C/C=C\CCCCCCC(=O)OC(COC(=O)CCC/C=C\CCCCCC)COC(=O)CCCCCCCCCCCCCCCCCCCCC. The van der Waals surface area contributed by atoms with Gasteiger partial charge in [-0.1, -0.05) is 217 Å². The highest BCUT2D eigenvalue weighted by Gasteiger charge is 2.19. The highest BCUT2D eigenvalue weighted by molar-refractivity contribution is 5.71. The summed E-state index contributed by atoms with van der Waals surface area (Å²) in [6.07, 6.45) is 58.3. The first-order valence-electron chi connectivity index (χ1n) is 25.6. The number of allylic oxidation sites excluding steroid dienone is 8. The summed E-state index contributed by atoms with van der Waals surface area (Å²) in [5.41, 5.74) is 0. The molecule has 0 fully saturated rings. The van der Waals surface area contributed by atoms with Gasteiger partial charge in [-0.3, -0.25) is 14.4 Å². The maximum absolute atomic E-state index is 12.7. The van der Waals surface area contributed by atoms with Crippen molar-refractivity contribution in [3.8, 4) is 0 Å². The van der Waals surface area contributed by atoms with E-state index in [2.05, 4.69) is 69.4 Å². The summed E-state index contributed by atoms with van der Waals surface area (Å²) in [5.74, 6) is -0.942. The van der Waals surface area contributed by atoms with Crippen molar-refractivity contribution in [2.24, 2.45) is 0 Å². The van der Waals surface area contributed by atoms with Gasteiger partial charge in [-0.2, -0.15) is 0 Å². The molecule has 0 aromatic heterocycles. The van der Waals surface area contributed by atoms with Crippen LogP contribution in [0.1, 0.15) is 258 Å². The summed E-state index contributed by atoms with van der Waals surface area (Å²) >= 11 is 0. The first kappa shape index (κ1) is 57.4. The van der Waals surface area contributed by atoms with Gasteiger partial charge < -0.3 is 14.2 Å². The lowest BCUT2D eigenvalue weighted by molar-refractivity contribution is -0.167. The predicted octanol–water partition coefficient (Wildman–Crippen LogP) is 16.7. The first-order valence-corrected chi connectivity index (χ1v) is 25.6. The van der Waals surface area contributed by atoms with Crippen molar-refractivity contribution in [3.63, 3.8) is 0 Å². The molecule has 348 valence electrons. The van der Waals surface area contributed by atoms with E-state index in [1.54, 1.807) is 0 Å². The summed E-state index contributed by atoms with van der Waals surface area (Å²) < 4.78 is 16.7. The molecule has 0 N–H and O–H groups in total. The number of esters is 3. The van der Waals surface area contributed by atoms with Crippen LogP contribution in [0.25, 0.3) is 0 Å². The molecule has 6 heteroatoms. The van der Waals surface area contributed by atoms with Gasteiger partial charge in [-0.15, -0.1) is 0 Å². The second-order valence-corrected chi connectivity index (χ2v) is 17.1. The van der Waals surface area contributed by atoms with Gasteiger partial charge in [0.1, 0.15) is 13.2 Å². The molecule has 0 aromatic carbocycles. The summed E-state index contributed by atoms with van der Waals surface area (Å²) in [7, 11) is 0. The second-order valence-electron chi connectivity index (χ2n) is 17.1. The molecule has 0 heterocycles. The van der Waals surface area contributed by atoms with Gasteiger partial charge >= 0.3 is 17.9 Å². The molecule has 0 aliphatic carbocycles. The van der Waals surface area contributed by atoms with E-state index in [9.17, 15) is 14.4 Å². The van der Waals surface area contributed by atoms with E-state index in [0.29, 0.717) is 25.7 Å². The van der Waals surface area contributed by atoms with Crippen LogP contribution in [0.5, 0.6) is 0 Å². The van der Waals surface area contributed by atoms with Crippen LogP contribution >= 0.6 is 0 Å². The Balaban J connectivity index is 4.30. The number of hydrogen-bond acceptors (Lipinski definition) is 6. The summed E-state index contributed by atoms with van der Waals surface area (Å²) in [6.45, 7) is 6.46. The molecule has 0 saturated heterocycles. The minimum atomic E-state index is -0.791. The number of ether oxygens (including phenoxy) is 3. The van der Waals surface area contributed by atoms with Crippen LogP contribution < -0.4 is 0 Å². The lowest BCUT2D eigenvalue weighted by Gasteiger charge is -2.18.